The van der Waals surface area contributed by atoms with Gasteiger partial charge >= 0.3 is 6.01 Å². The van der Waals surface area contributed by atoms with E-state index < -0.39 is 5.82 Å². The van der Waals surface area contributed by atoms with Gasteiger partial charge in [0.05, 0.1) is 6.61 Å². The van der Waals surface area contributed by atoms with E-state index in [1.165, 1.54) is 24.5 Å². The second-order valence-electron chi connectivity index (χ2n) is 3.21. The van der Waals surface area contributed by atoms with E-state index in [1.54, 1.807) is 0 Å². The first-order chi connectivity index (χ1) is 8.19. The van der Waals surface area contributed by atoms with Crippen LogP contribution >= 0.6 is 11.6 Å². The molecule has 0 aliphatic heterocycles. The molecule has 0 aliphatic carbocycles. The number of nitrogens with zero attached hydrogens (tertiary/aromatic N) is 2. The van der Waals surface area contributed by atoms with Gasteiger partial charge < -0.3 is 9.84 Å². The van der Waals surface area contributed by atoms with Gasteiger partial charge in [-0.1, -0.05) is 11.6 Å². The van der Waals surface area contributed by atoms with E-state index in [0.717, 1.165) is 6.07 Å². The fourth-order valence-corrected chi connectivity index (χ4v) is 1.29. The van der Waals surface area contributed by atoms with Crippen LogP contribution in [-0.4, -0.2) is 15.1 Å². The lowest BCUT2D eigenvalue weighted by Gasteiger charge is -2.05. The Kier molecular flexibility index (Phi) is 3.51. The average molecular weight is 255 g/mol. The summed E-state index contributed by atoms with van der Waals surface area (Å²) in [5.41, 5.74) is 0.550. The lowest BCUT2D eigenvalue weighted by Crippen LogP contribution is -1.95. The number of rotatable bonds is 3. The lowest BCUT2D eigenvalue weighted by molar-refractivity contribution is 0.280. The third kappa shape index (κ3) is 2.89. The molecular formula is C11H8ClFN2O2. The van der Waals surface area contributed by atoms with Crippen LogP contribution in [0.1, 0.15) is 5.56 Å². The zero-order chi connectivity index (χ0) is 12.3. The van der Waals surface area contributed by atoms with Gasteiger partial charge in [0.1, 0.15) is 0 Å². The Labute approximate surface area is 102 Å². The molecule has 1 aromatic heterocycles. The summed E-state index contributed by atoms with van der Waals surface area (Å²) in [5.74, 6) is -0.599. The fourth-order valence-electron chi connectivity index (χ4n) is 1.13. The maximum absolute atomic E-state index is 13.4. The summed E-state index contributed by atoms with van der Waals surface area (Å²) in [6, 6.07) is 4.03. The van der Waals surface area contributed by atoms with E-state index in [2.05, 4.69) is 9.97 Å². The van der Waals surface area contributed by atoms with Crippen molar-refractivity contribution in [3.05, 3.63) is 47.0 Å². The van der Waals surface area contributed by atoms with Crippen molar-refractivity contribution in [1.82, 2.24) is 9.97 Å². The summed E-state index contributed by atoms with van der Waals surface area (Å²) in [6.07, 6.45) is 2.80. The highest BCUT2D eigenvalue weighted by Crippen LogP contribution is 2.24. The maximum Gasteiger partial charge on any atom is 0.321 e. The van der Waals surface area contributed by atoms with Crippen LogP contribution in [-0.2, 0) is 6.61 Å². The van der Waals surface area contributed by atoms with Crippen LogP contribution in [0, 0.1) is 5.82 Å². The Balaban J connectivity index is 2.19. The van der Waals surface area contributed by atoms with E-state index in [-0.39, 0.29) is 23.4 Å². The number of hydrogen-bond donors (Lipinski definition) is 1. The fraction of sp³-hybridized carbons (Fsp3) is 0.0909. The normalized spacial score (nSPS) is 10.3. The summed E-state index contributed by atoms with van der Waals surface area (Å²) in [6.45, 7) is -0.157. The highest BCUT2D eigenvalue weighted by atomic mass is 35.5. The SMILES string of the molecule is OCc1cnc(Oc2ccc(Cl)cc2F)nc1. The van der Waals surface area contributed by atoms with Crippen molar-refractivity contribution in [3.63, 3.8) is 0 Å². The summed E-state index contributed by atoms with van der Waals surface area (Å²) in [7, 11) is 0. The van der Waals surface area contributed by atoms with Gasteiger partial charge in [-0.3, -0.25) is 0 Å². The minimum Gasteiger partial charge on any atom is -0.421 e. The van der Waals surface area contributed by atoms with E-state index >= 15 is 0 Å². The zero-order valence-electron chi connectivity index (χ0n) is 8.60. The number of ether oxygens (including phenoxy) is 1. The van der Waals surface area contributed by atoms with Crippen molar-refractivity contribution in [2.45, 2.75) is 6.61 Å². The van der Waals surface area contributed by atoms with Crippen LogP contribution < -0.4 is 4.74 Å². The third-order valence-corrected chi connectivity index (χ3v) is 2.19. The van der Waals surface area contributed by atoms with E-state index in [9.17, 15) is 4.39 Å². The molecule has 4 nitrogen and oxygen atoms in total. The van der Waals surface area contributed by atoms with E-state index in [1.807, 2.05) is 0 Å². The molecule has 2 rings (SSSR count). The second kappa shape index (κ2) is 5.07. The number of benzene rings is 1. The van der Waals surface area contributed by atoms with E-state index in [4.69, 9.17) is 21.4 Å². The van der Waals surface area contributed by atoms with Gasteiger partial charge in [-0.25, -0.2) is 14.4 Å². The molecule has 0 radical (unpaired) electrons. The molecule has 0 fully saturated rings. The minimum atomic E-state index is -0.590. The van der Waals surface area contributed by atoms with Gasteiger partial charge in [0.25, 0.3) is 0 Å². The summed E-state index contributed by atoms with van der Waals surface area (Å²) < 4.78 is 18.5. The van der Waals surface area contributed by atoms with Crippen LogP contribution in [0.4, 0.5) is 4.39 Å². The Morgan fingerprint density at radius 1 is 1.29 bits per heavy atom. The molecule has 0 atom stereocenters. The van der Waals surface area contributed by atoms with E-state index in [0.29, 0.717) is 5.56 Å². The standard InChI is InChI=1S/C11H8ClFN2O2/c12-8-1-2-10(9(13)3-8)17-11-14-4-7(6-16)5-15-11/h1-5,16H,6H2. The van der Waals surface area contributed by atoms with Crippen molar-refractivity contribution in [1.29, 1.82) is 0 Å². The van der Waals surface area contributed by atoms with Gasteiger partial charge in [0.15, 0.2) is 11.6 Å². The van der Waals surface area contributed by atoms with Crippen molar-refractivity contribution in [2.75, 3.05) is 0 Å². The first kappa shape index (κ1) is 11.8. The minimum absolute atomic E-state index is 0.00317. The first-order valence-corrected chi connectivity index (χ1v) is 5.11. The number of aromatic nitrogens is 2. The summed E-state index contributed by atoms with van der Waals surface area (Å²) in [4.78, 5) is 7.63. The molecular weight excluding hydrogens is 247 g/mol. The highest BCUT2D eigenvalue weighted by molar-refractivity contribution is 6.30. The summed E-state index contributed by atoms with van der Waals surface area (Å²) in [5, 5.41) is 9.08. The van der Waals surface area contributed by atoms with Crippen molar-refractivity contribution >= 4 is 11.6 Å². The number of hydrogen-bond acceptors (Lipinski definition) is 4. The lowest BCUT2D eigenvalue weighted by atomic mass is 10.3. The molecule has 0 amide bonds. The van der Waals surface area contributed by atoms with Gasteiger partial charge in [-0.05, 0) is 18.2 Å². The Bertz CT molecular complexity index is 519. The average Bonchev–Trinajstić information content (AvgIpc) is 2.34. The van der Waals surface area contributed by atoms with Gasteiger partial charge in [0, 0.05) is 23.0 Å². The molecule has 88 valence electrons. The molecule has 0 saturated heterocycles. The van der Waals surface area contributed by atoms with Gasteiger partial charge in [-0.15, -0.1) is 0 Å². The Morgan fingerprint density at radius 3 is 2.59 bits per heavy atom. The van der Waals surface area contributed by atoms with Crippen molar-refractivity contribution in [3.8, 4) is 11.8 Å². The molecule has 2 aromatic rings. The molecule has 6 heteroatoms. The Hall–Kier alpha value is -1.72. The van der Waals surface area contributed by atoms with Gasteiger partial charge in [-0.2, -0.15) is 0 Å². The quantitative estimate of drug-likeness (QED) is 0.915. The topological polar surface area (TPSA) is 55.2 Å². The molecule has 0 spiro atoms. The van der Waals surface area contributed by atoms with Crippen LogP contribution in [0.3, 0.4) is 0 Å². The van der Waals surface area contributed by atoms with Crippen molar-refractivity contribution < 1.29 is 14.2 Å². The van der Waals surface area contributed by atoms with Crippen LogP contribution in [0.15, 0.2) is 30.6 Å². The smallest absolute Gasteiger partial charge is 0.321 e. The molecule has 1 heterocycles. The third-order valence-electron chi connectivity index (χ3n) is 1.96. The predicted molar refractivity (Wildman–Crippen MR) is 59.4 cm³/mol. The van der Waals surface area contributed by atoms with Crippen LogP contribution in [0.25, 0.3) is 0 Å². The monoisotopic (exact) mass is 254 g/mol. The molecule has 0 saturated carbocycles. The molecule has 0 unspecified atom stereocenters. The maximum atomic E-state index is 13.4. The predicted octanol–water partition coefficient (Wildman–Crippen LogP) is 2.55. The molecule has 17 heavy (non-hydrogen) atoms. The second-order valence-corrected chi connectivity index (χ2v) is 3.65. The molecule has 1 aromatic carbocycles. The number of halogens is 2. The zero-order valence-corrected chi connectivity index (χ0v) is 9.36. The highest BCUT2D eigenvalue weighted by Gasteiger charge is 2.07. The largest absolute Gasteiger partial charge is 0.421 e. The molecule has 1 N–H and O–H groups in total. The summed E-state index contributed by atoms with van der Waals surface area (Å²) >= 11 is 5.60. The first-order valence-electron chi connectivity index (χ1n) is 4.73. The molecule has 0 bridgehead atoms. The number of aliphatic hydroxyl groups is 1. The Morgan fingerprint density at radius 2 is 2.00 bits per heavy atom. The van der Waals surface area contributed by atoms with Crippen molar-refractivity contribution in [2.24, 2.45) is 0 Å². The van der Waals surface area contributed by atoms with Crippen LogP contribution in [0.5, 0.6) is 11.8 Å². The van der Waals surface area contributed by atoms with Gasteiger partial charge in [0.2, 0.25) is 0 Å². The molecule has 0 aliphatic rings. The van der Waals surface area contributed by atoms with Crippen LogP contribution in [0.2, 0.25) is 5.02 Å². The number of aliphatic hydroxyl groups excluding tert-OH is 1.